The van der Waals surface area contributed by atoms with Crippen LogP contribution in [0.5, 0.6) is 0 Å². The van der Waals surface area contributed by atoms with Crippen LogP contribution in [0.3, 0.4) is 0 Å². The third kappa shape index (κ3) is 6.12. The molecule has 0 aromatic heterocycles. The van der Waals surface area contributed by atoms with Gasteiger partial charge in [0.15, 0.2) is 0 Å². The van der Waals surface area contributed by atoms with Crippen molar-refractivity contribution in [1.29, 1.82) is 0 Å². The first kappa shape index (κ1) is 15.5. The number of rotatable bonds is 6. The molecule has 0 saturated heterocycles. The molecule has 0 aliphatic carbocycles. The molecule has 0 saturated carbocycles. The van der Waals surface area contributed by atoms with Crippen molar-refractivity contribution in [3.63, 3.8) is 0 Å². The van der Waals surface area contributed by atoms with Gasteiger partial charge in [0, 0.05) is 0 Å². The first-order valence-corrected chi connectivity index (χ1v) is 5.54. The number of hydrogen-bond donors (Lipinski definition) is 0. The maximum atomic E-state index is 2.42. The van der Waals surface area contributed by atoms with Crippen molar-refractivity contribution in [2.45, 2.75) is 74.1 Å². The molecule has 0 bridgehead atoms. The Kier molecular flexibility index (Phi) is 8.82. The zero-order valence-electron chi connectivity index (χ0n) is 9.61. The van der Waals surface area contributed by atoms with Crippen molar-refractivity contribution in [2.75, 3.05) is 0 Å². The molecule has 0 aromatic carbocycles. The first-order valence-electron chi connectivity index (χ1n) is 5.54. The monoisotopic (exact) mass is 186 g/mol. The van der Waals surface area contributed by atoms with Crippen LogP contribution in [0.2, 0.25) is 0 Å². The van der Waals surface area contributed by atoms with Crippen LogP contribution in [-0.4, -0.2) is 0 Å². The van der Waals surface area contributed by atoms with E-state index in [-0.39, 0.29) is 7.43 Å². The van der Waals surface area contributed by atoms with E-state index in [1.54, 1.807) is 0 Å². The van der Waals surface area contributed by atoms with Crippen molar-refractivity contribution in [3.05, 3.63) is 0 Å². The topological polar surface area (TPSA) is 0 Å². The molecule has 0 heterocycles. The summed E-state index contributed by atoms with van der Waals surface area (Å²) < 4.78 is 0. The van der Waals surface area contributed by atoms with Crippen LogP contribution < -0.4 is 0 Å². The van der Waals surface area contributed by atoms with Gasteiger partial charge in [-0.25, -0.2) is 0 Å². The molecule has 1 atom stereocenters. The average Bonchev–Trinajstić information content (AvgIpc) is 2.01. The fourth-order valence-corrected chi connectivity index (χ4v) is 1.70. The van der Waals surface area contributed by atoms with Gasteiger partial charge in [-0.3, -0.25) is 0 Å². The molecule has 0 aliphatic heterocycles. The summed E-state index contributed by atoms with van der Waals surface area (Å²) in [7, 11) is 0. The van der Waals surface area contributed by atoms with E-state index >= 15 is 0 Å². The number of unbranched alkanes of at least 4 members (excludes halogenated alkanes) is 1. The Bertz CT molecular complexity index is 103. The zero-order chi connectivity index (χ0) is 9.61. The molecule has 13 heavy (non-hydrogen) atoms. The Morgan fingerprint density at radius 1 is 1.08 bits per heavy atom. The van der Waals surface area contributed by atoms with Crippen LogP contribution in [0.15, 0.2) is 0 Å². The molecule has 0 fully saturated rings. The summed E-state index contributed by atoms with van der Waals surface area (Å²) in [6, 6.07) is 0. The maximum Gasteiger partial charge on any atom is -0.0329 e. The third-order valence-corrected chi connectivity index (χ3v) is 3.23. The van der Waals surface area contributed by atoms with Crippen LogP contribution in [0.25, 0.3) is 0 Å². The van der Waals surface area contributed by atoms with E-state index in [0.717, 1.165) is 5.92 Å². The molecular weight excluding hydrogens is 156 g/mol. The Labute approximate surface area is 86.1 Å². The highest BCUT2D eigenvalue weighted by molar-refractivity contribution is 4.74. The summed E-state index contributed by atoms with van der Waals surface area (Å²) in [5.74, 6) is 0.883. The standard InChI is InChI=1S/C12H26.CH4/c1-6-8-10-12(4,5)11(3)9-7-2;/h11H,6-10H2,1-5H3;1H4. The van der Waals surface area contributed by atoms with Crippen molar-refractivity contribution >= 4 is 0 Å². The first-order chi connectivity index (χ1) is 5.54. The minimum Gasteiger partial charge on any atom is -0.0776 e. The van der Waals surface area contributed by atoms with Gasteiger partial charge in [-0.05, 0) is 17.8 Å². The average molecular weight is 186 g/mol. The molecule has 0 spiro atoms. The van der Waals surface area contributed by atoms with Gasteiger partial charge in [0.05, 0.1) is 0 Å². The summed E-state index contributed by atoms with van der Waals surface area (Å²) in [4.78, 5) is 0. The lowest BCUT2D eigenvalue weighted by atomic mass is 9.74. The van der Waals surface area contributed by atoms with Crippen molar-refractivity contribution in [2.24, 2.45) is 11.3 Å². The van der Waals surface area contributed by atoms with E-state index in [1.807, 2.05) is 0 Å². The Balaban J connectivity index is 0. The second kappa shape index (κ2) is 7.41. The fourth-order valence-electron chi connectivity index (χ4n) is 1.70. The lowest BCUT2D eigenvalue weighted by Gasteiger charge is -2.31. The van der Waals surface area contributed by atoms with Gasteiger partial charge < -0.3 is 0 Å². The summed E-state index contributed by atoms with van der Waals surface area (Å²) >= 11 is 0. The summed E-state index contributed by atoms with van der Waals surface area (Å²) in [5.41, 5.74) is 0.562. The van der Waals surface area contributed by atoms with E-state index in [4.69, 9.17) is 0 Å². The zero-order valence-corrected chi connectivity index (χ0v) is 9.61. The molecule has 0 aromatic rings. The quantitative estimate of drug-likeness (QED) is 0.530. The van der Waals surface area contributed by atoms with E-state index in [9.17, 15) is 0 Å². The van der Waals surface area contributed by atoms with Crippen LogP contribution in [0.1, 0.15) is 74.1 Å². The minimum atomic E-state index is 0. The molecule has 82 valence electrons. The molecule has 0 amide bonds. The Morgan fingerprint density at radius 2 is 1.62 bits per heavy atom. The fraction of sp³-hybridized carbons (Fsp3) is 1.00. The molecule has 1 unspecified atom stereocenters. The van der Waals surface area contributed by atoms with Gasteiger partial charge in [0.25, 0.3) is 0 Å². The largest absolute Gasteiger partial charge is 0.0776 e. The molecule has 0 radical (unpaired) electrons. The van der Waals surface area contributed by atoms with Crippen molar-refractivity contribution in [1.82, 2.24) is 0 Å². The number of hydrogen-bond acceptors (Lipinski definition) is 0. The SMILES string of the molecule is C.CCCCC(C)(C)C(C)CCC. The van der Waals surface area contributed by atoms with E-state index in [0.29, 0.717) is 5.41 Å². The van der Waals surface area contributed by atoms with Gasteiger partial charge in [-0.1, -0.05) is 67.7 Å². The van der Waals surface area contributed by atoms with Gasteiger partial charge in [-0.15, -0.1) is 0 Å². The molecule has 0 aliphatic rings. The molecule has 0 N–H and O–H groups in total. The maximum absolute atomic E-state index is 2.42. The van der Waals surface area contributed by atoms with Crippen LogP contribution in [-0.2, 0) is 0 Å². The Hall–Kier alpha value is 0. The van der Waals surface area contributed by atoms with E-state index < -0.39 is 0 Å². The molecule has 0 nitrogen and oxygen atoms in total. The molecule has 0 heteroatoms. The van der Waals surface area contributed by atoms with Gasteiger partial charge in [-0.2, -0.15) is 0 Å². The van der Waals surface area contributed by atoms with Crippen LogP contribution in [0, 0.1) is 11.3 Å². The summed E-state index contributed by atoms with van der Waals surface area (Å²) in [6.45, 7) is 11.8. The molecule has 0 rings (SSSR count). The predicted octanol–water partition coefficient (Wildman–Crippen LogP) is 5.28. The van der Waals surface area contributed by atoms with Crippen LogP contribution >= 0.6 is 0 Å². The smallest absolute Gasteiger partial charge is 0.0329 e. The van der Waals surface area contributed by atoms with E-state index in [1.165, 1.54) is 32.1 Å². The Morgan fingerprint density at radius 3 is 2.00 bits per heavy atom. The van der Waals surface area contributed by atoms with Gasteiger partial charge in [0.1, 0.15) is 0 Å². The highest BCUT2D eigenvalue weighted by atomic mass is 14.3. The lowest BCUT2D eigenvalue weighted by Crippen LogP contribution is -2.21. The second-order valence-electron chi connectivity index (χ2n) is 4.78. The van der Waals surface area contributed by atoms with Crippen molar-refractivity contribution in [3.8, 4) is 0 Å². The molecular formula is C13H30. The second-order valence-corrected chi connectivity index (χ2v) is 4.78. The summed E-state index contributed by atoms with van der Waals surface area (Å²) in [5, 5.41) is 0. The highest BCUT2D eigenvalue weighted by Gasteiger charge is 2.23. The van der Waals surface area contributed by atoms with Gasteiger partial charge >= 0.3 is 0 Å². The van der Waals surface area contributed by atoms with Gasteiger partial charge in [0.2, 0.25) is 0 Å². The van der Waals surface area contributed by atoms with Crippen LogP contribution in [0.4, 0.5) is 0 Å². The van der Waals surface area contributed by atoms with Crippen molar-refractivity contribution < 1.29 is 0 Å². The summed E-state index contributed by atoms with van der Waals surface area (Å²) in [6.07, 6.45) is 6.83. The lowest BCUT2D eigenvalue weighted by molar-refractivity contribution is 0.194. The normalized spacial score (nSPS) is 13.6. The minimum absolute atomic E-state index is 0. The highest BCUT2D eigenvalue weighted by Crippen LogP contribution is 2.34. The predicted molar refractivity (Wildman–Crippen MR) is 64.1 cm³/mol. The van der Waals surface area contributed by atoms with E-state index in [2.05, 4.69) is 34.6 Å². The third-order valence-electron chi connectivity index (χ3n) is 3.23.